The predicted molar refractivity (Wildman–Crippen MR) is 128 cm³/mol. The number of rotatable bonds is 6. The molecule has 0 atom stereocenters. The van der Waals surface area contributed by atoms with Crippen molar-refractivity contribution in [3.05, 3.63) is 71.8 Å². The van der Waals surface area contributed by atoms with Gasteiger partial charge in [-0.1, -0.05) is 12.1 Å². The number of methoxy groups -OCH3 is 1. The van der Waals surface area contributed by atoms with Gasteiger partial charge in [-0.15, -0.1) is 0 Å². The number of anilines is 1. The third-order valence-corrected chi connectivity index (χ3v) is 5.50. The van der Waals surface area contributed by atoms with E-state index in [0.717, 1.165) is 50.4 Å². The first kappa shape index (κ1) is 22.0. The van der Waals surface area contributed by atoms with Gasteiger partial charge in [0.2, 0.25) is 0 Å². The average molecular weight is 444 g/mol. The number of nitrogens with two attached hydrogens (primary N) is 1. The molecule has 0 aliphatic heterocycles. The van der Waals surface area contributed by atoms with Crippen molar-refractivity contribution in [2.24, 2.45) is 5.73 Å². The summed E-state index contributed by atoms with van der Waals surface area (Å²) in [5.41, 5.74) is 10.4. The molecular weight excluding hydrogens is 418 g/mol. The molecule has 4 rings (SSSR count). The number of fused-ring (bicyclic) bond motifs is 1. The SMILES string of the molecule is COc1ccc(CN(C)c2cc3ncc(-c4c(C)ncc(OC(N)=O)c4C)cc3cn2)cc1. The summed E-state index contributed by atoms with van der Waals surface area (Å²) in [6.07, 6.45) is 4.23. The monoisotopic (exact) mass is 443 g/mol. The zero-order chi connectivity index (χ0) is 23.5. The Bertz CT molecular complexity index is 1320. The molecule has 0 saturated heterocycles. The van der Waals surface area contributed by atoms with E-state index in [1.54, 1.807) is 13.3 Å². The van der Waals surface area contributed by atoms with Gasteiger partial charge < -0.3 is 20.1 Å². The Hall–Kier alpha value is -4.20. The Morgan fingerprint density at radius 2 is 1.79 bits per heavy atom. The summed E-state index contributed by atoms with van der Waals surface area (Å²) in [5, 5.41) is 0.897. The van der Waals surface area contributed by atoms with Crippen molar-refractivity contribution in [3.63, 3.8) is 0 Å². The van der Waals surface area contributed by atoms with Crippen LogP contribution >= 0.6 is 0 Å². The van der Waals surface area contributed by atoms with Crippen molar-refractivity contribution >= 4 is 22.8 Å². The number of amides is 1. The van der Waals surface area contributed by atoms with Gasteiger partial charge in [-0.05, 0) is 37.6 Å². The van der Waals surface area contributed by atoms with Gasteiger partial charge in [0.15, 0.2) is 5.75 Å². The lowest BCUT2D eigenvalue weighted by Gasteiger charge is -2.19. The molecule has 0 saturated carbocycles. The number of carbonyl (C=O) groups is 1. The van der Waals surface area contributed by atoms with Crippen LogP contribution in [0.2, 0.25) is 0 Å². The molecule has 0 bridgehead atoms. The molecule has 0 radical (unpaired) electrons. The molecule has 1 aromatic carbocycles. The van der Waals surface area contributed by atoms with Crippen LogP contribution in [0.25, 0.3) is 22.0 Å². The highest BCUT2D eigenvalue weighted by Crippen LogP contribution is 2.33. The van der Waals surface area contributed by atoms with E-state index in [9.17, 15) is 4.79 Å². The van der Waals surface area contributed by atoms with E-state index < -0.39 is 6.09 Å². The van der Waals surface area contributed by atoms with Crippen molar-refractivity contribution in [2.45, 2.75) is 20.4 Å². The summed E-state index contributed by atoms with van der Waals surface area (Å²) < 4.78 is 10.3. The van der Waals surface area contributed by atoms with Gasteiger partial charge in [-0.2, -0.15) is 0 Å². The van der Waals surface area contributed by atoms with Crippen LogP contribution in [-0.4, -0.2) is 35.2 Å². The normalized spacial score (nSPS) is 10.8. The summed E-state index contributed by atoms with van der Waals surface area (Å²) in [6, 6.07) is 11.9. The zero-order valence-electron chi connectivity index (χ0n) is 19.0. The van der Waals surface area contributed by atoms with Gasteiger partial charge >= 0.3 is 6.09 Å². The van der Waals surface area contributed by atoms with Crippen LogP contribution in [0.15, 0.2) is 55.0 Å². The molecule has 8 heteroatoms. The maximum absolute atomic E-state index is 11.2. The van der Waals surface area contributed by atoms with E-state index in [2.05, 4.69) is 19.9 Å². The molecule has 0 unspecified atom stereocenters. The molecule has 8 nitrogen and oxygen atoms in total. The van der Waals surface area contributed by atoms with E-state index in [0.29, 0.717) is 12.3 Å². The summed E-state index contributed by atoms with van der Waals surface area (Å²) in [5.74, 6) is 1.99. The molecule has 3 aromatic heterocycles. The number of hydrogen-bond acceptors (Lipinski definition) is 7. The maximum atomic E-state index is 11.2. The topological polar surface area (TPSA) is 103 Å². The van der Waals surface area contributed by atoms with Gasteiger partial charge in [-0.25, -0.2) is 9.78 Å². The van der Waals surface area contributed by atoms with Crippen molar-refractivity contribution in [1.82, 2.24) is 15.0 Å². The Balaban J connectivity index is 1.62. The Morgan fingerprint density at radius 3 is 2.48 bits per heavy atom. The number of nitrogens with zero attached hydrogens (tertiary/aromatic N) is 4. The molecule has 2 N–H and O–H groups in total. The Morgan fingerprint density at radius 1 is 1.03 bits per heavy atom. The van der Waals surface area contributed by atoms with Crippen LogP contribution in [-0.2, 0) is 6.54 Å². The van der Waals surface area contributed by atoms with Gasteiger partial charge in [-0.3, -0.25) is 9.97 Å². The molecular formula is C25H25N5O3. The van der Waals surface area contributed by atoms with Crippen LogP contribution in [0.5, 0.6) is 11.5 Å². The number of hydrogen-bond donors (Lipinski definition) is 1. The highest BCUT2D eigenvalue weighted by Gasteiger charge is 2.15. The minimum Gasteiger partial charge on any atom is -0.497 e. The van der Waals surface area contributed by atoms with Crippen LogP contribution < -0.4 is 20.1 Å². The minimum absolute atomic E-state index is 0.330. The third-order valence-electron chi connectivity index (χ3n) is 5.50. The Labute approximate surface area is 192 Å². The van der Waals surface area contributed by atoms with Gasteiger partial charge in [0.1, 0.15) is 11.6 Å². The number of aryl methyl sites for hydroxylation is 1. The van der Waals surface area contributed by atoms with Gasteiger partial charge in [0.25, 0.3) is 0 Å². The number of pyridine rings is 3. The molecule has 1 amide bonds. The number of carbonyl (C=O) groups excluding carboxylic acids is 1. The lowest BCUT2D eigenvalue weighted by atomic mass is 9.99. The number of ether oxygens (including phenoxy) is 2. The fourth-order valence-electron chi connectivity index (χ4n) is 3.79. The van der Waals surface area contributed by atoms with Gasteiger partial charge in [0, 0.05) is 59.8 Å². The molecule has 4 aromatic rings. The first-order valence-corrected chi connectivity index (χ1v) is 10.4. The lowest BCUT2D eigenvalue weighted by Crippen LogP contribution is -2.17. The molecule has 3 heterocycles. The zero-order valence-corrected chi connectivity index (χ0v) is 19.0. The van der Waals surface area contributed by atoms with E-state index >= 15 is 0 Å². The summed E-state index contributed by atoms with van der Waals surface area (Å²) in [7, 11) is 3.65. The highest BCUT2D eigenvalue weighted by molar-refractivity contribution is 5.86. The third kappa shape index (κ3) is 4.69. The summed E-state index contributed by atoms with van der Waals surface area (Å²) >= 11 is 0. The molecule has 0 fully saturated rings. The maximum Gasteiger partial charge on any atom is 0.410 e. The number of benzene rings is 1. The largest absolute Gasteiger partial charge is 0.497 e. The number of aromatic nitrogens is 3. The van der Waals surface area contributed by atoms with Crippen LogP contribution in [0.1, 0.15) is 16.8 Å². The summed E-state index contributed by atoms with van der Waals surface area (Å²) in [4.78, 5) is 26.9. The van der Waals surface area contributed by atoms with E-state index in [1.165, 1.54) is 6.20 Å². The minimum atomic E-state index is -0.873. The van der Waals surface area contributed by atoms with E-state index in [4.69, 9.17) is 15.2 Å². The fraction of sp³-hybridized carbons (Fsp3) is 0.200. The van der Waals surface area contributed by atoms with E-state index in [-0.39, 0.29) is 0 Å². The van der Waals surface area contributed by atoms with Crippen molar-refractivity contribution in [2.75, 3.05) is 19.1 Å². The highest BCUT2D eigenvalue weighted by atomic mass is 16.5. The quantitative estimate of drug-likeness (QED) is 0.471. The van der Waals surface area contributed by atoms with Crippen LogP contribution in [0, 0.1) is 13.8 Å². The standard InChI is InChI=1S/C25H25N5O3/c1-15-22(33-25(26)31)13-27-16(2)24(15)19-9-18-11-29-23(10-21(18)28-12-19)30(3)14-17-5-7-20(32-4)8-6-17/h5-13H,14H2,1-4H3,(H2,26,31). The van der Waals surface area contributed by atoms with Crippen LogP contribution in [0.3, 0.4) is 0 Å². The van der Waals surface area contributed by atoms with Gasteiger partial charge in [0.05, 0.1) is 18.8 Å². The smallest absolute Gasteiger partial charge is 0.410 e. The molecule has 0 spiro atoms. The first-order valence-electron chi connectivity index (χ1n) is 10.4. The second-order valence-corrected chi connectivity index (χ2v) is 7.79. The predicted octanol–water partition coefficient (Wildman–Crippen LogP) is 4.41. The number of primary amides is 1. The van der Waals surface area contributed by atoms with Crippen molar-refractivity contribution in [1.29, 1.82) is 0 Å². The molecule has 0 aliphatic carbocycles. The van der Waals surface area contributed by atoms with Crippen molar-refractivity contribution < 1.29 is 14.3 Å². The second-order valence-electron chi connectivity index (χ2n) is 7.79. The lowest BCUT2D eigenvalue weighted by molar-refractivity contribution is 0.210. The second kappa shape index (κ2) is 9.12. The fourth-order valence-corrected chi connectivity index (χ4v) is 3.79. The molecule has 0 aliphatic rings. The average Bonchev–Trinajstić information content (AvgIpc) is 2.81. The summed E-state index contributed by atoms with van der Waals surface area (Å²) in [6.45, 7) is 4.47. The van der Waals surface area contributed by atoms with Crippen molar-refractivity contribution in [3.8, 4) is 22.6 Å². The van der Waals surface area contributed by atoms with E-state index in [1.807, 2.05) is 63.5 Å². The Kier molecular flexibility index (Phi) is 6.08. The molecule has 33 heavy (non-hydrogen) atoms. The first-order chi connectivity index (χ1) is 15.9. The van der Waals surface area contributed by atoms with Crippen LogP contribution in [0.4, 0.5) is 10.6 Å². The molecule has 168 valence electrons.